The van der Waals surface area contributed by atoms with Crippen LogP contribution in [-0.4, -0.2) is 4.92 Å². The van der Waals surface area contributed by atoms with Crippen LogP contribution < -0.4 is 10.5 Å². The minimum Gasteiger partial charge on any atom is -0.489 e. The van der Waals surface area contributed by atoms with Crippen molar-refractivity contribution in [3.8, 4) is 5.75 Å². The number of non-ortho nitro benzene ring substituents is 1. The molecule has 21 heavy (non-hydrogen) atoms. The van der Waals surface area contributed by atoms with Gasteiger partial charge in [0.1, 0.15) is 12.4 Å². The third-order valence-corrected chi connectivity index (χ3v) is 3.30. The van der Waals surface area contributed by atoms with E-state index in [1.807, 2.05) is 31.2 Å². The summed E-state index contributed by atoms with van der Waals surface area (Å²) >= 11 is 0. The van der Waals surface area contributed by atoms with Gasteiger partial charge in [-0.1, -0.05) is 25.1 Å². The van der Waals surface area contributed by atoms with E-state index in [1.165, 1.54) is 12.1 Å². The summed E-state index contributed by atoms with van der Waals surface area (Å²) in [6, 6.07) is 14.0. The van der Waals surface area contributed by atoms with E-state index in [4.69, 9.17) is 10.5 Å². The highest BCUT2D eigenvalue weighted by atomic mass is 16.6. The van der Waals surface area contributed by atoms with Crippen LogP contribution in [0.4, 0.5) is 5.69 Å². The highest BCUT2D eigenvalue weighted by molar-refractivity contribution is 5.36. The molecular formula is C16H18N2O3. The minimum absolute atomic E-state index is 0.0574. The molecule has 0 fully saturated rings. The maximum absolute atomic E-state index is 10.6. The van der Waals surface area contributed by atoms with Crippen molar-refractivity contribution in [1.82, 2.24) is 0 Å². The molecule has 0 amide bonds. The van der Waals surface area contributed by atoms with Crippen LogP contribution in [0.2, 0.25) is 0 Å². The van der Waals surface area contributed by atoms with Crippen LogP contribution in [-0.2, 0) is 6.61 Å². The van der Waals surface area contributed by atoms with Crippen molar-refractivity contribution in [1.29, 1.82) is 0 Å². The summed E-state index contributed by atoms with van der Waals surface area (Å²) in [6.45, 7) is 2.38. The van der Waals surface area contributed by atoms with Gasteiger partial charge in [0, 0.05) is 23.7 Å². The largest absolute Gasteiger partial charge is 0.489 e. The first kappa shape index (κ1) is 15.0. The average molecular weight is 286 g/mol. The Morgan fingerprint density at radius 3 is 2.48 bits per heavy atom. The van der Waals surface area contributed by atoms with Crippen LogP contribution in [0.25, 0.3) is 0 Å². The fourth-order valence-corrected chi connectivity index (χ4v) is 2.01. The van der Waals surface area contributed by atoms with Gasteiger partial charge in [-0.3, -0.25) is 10.1 Å². The van der Waals surface area contributed by atoms with Gasteiger partial charge in [0.05, 0.1) is 4.92 Å². The molecule has 110 valence electrons. The van der Waals surface area contributed by atoms with Crippen LogP contribution in [0, 0.1) is 10.1 Å². The second-order valence-corrected chi connectivity index (χ2v) is 4.76. The molecule has 0 heterocycles. The predicted molar refractivity (Wildman–Crippen MR) is 81.1 cm³/mol. The van der Waals surface area contributed by atoms with Crippen LogP contribution in [0.1, 0.15) is 30.5 Å². The number of nitro benzene ring substituents is 1. The van der Waals surface area contributed by atoms with Gasteiger partial charge in [0.2, 0.25) is 0 Å². The van der Waals surface area contributed by atoms with E-state index in [9.17, 15) is 10.1 Å². The maximum Gasteiger partial charge on any atom is 0.269 e. The predicted octanol–water partition coefficient (Wildman–Crippen LogP) is 3.58. The van der Waals surface area contributed by atoms with E-state index in [1.54, 1.807) is 12.1 Å². The van der Waals surface area contributed by atoms with E-state index in [2.05, 4.69) is 0 Å². The second kappa shape index (κ2) is 6.85. The number of para-hydroxylation sites is 1. The highest BCUT2D eigenvalue weighted by Gasteiger charge is 2.10. The summed E-state index contributed by atoms with van der Waals surface area (Å²) < 4.78 is 5.80. The van der Waals surface area contributed by atoms with E-state index >= 15 is 0 Å². The zero-order valence-electron chi connectivity index (χ0n) is 11.9. The van der Waals surface area contributed by atoms with Gasteiger partial charge in [-0.05, 0) is 30.2 Å². The summed E-state index contributed by atoms with van der Waals surface area (Å²) in [6.07, 6.45) is 0.831. The quantitative estimate of drug-likeness (QED) is 0.650. The van der Waals surface area contributed by atoms with Crippen molar-refractivity contribution in [2.45, 2.75) is 26.0 Å². The summed E-state index contributed by atoms with van der Waals surface area (Å²) in [4.78, 5) is 10.2. The lowest BCUT2D eigenvalue weighted by atomic mass is 10.0. The smallest absolute Gasteiger partial charge is 0.269 e. The minimum atomic E-state index is -0.416. The molecule has 2 aromatic rings. The summed E-state index contributed by atoms with van der Waals surface area (Å²) in [5.74, 6) is 0.755. The third-order valence-electron chi connectivity index (χ3n) is 3.30. The van der Waals surface area contributed by atoms with Gasteiger partial charge in [-0.15, -0.1) is 0 Å². The first-order valence-corrected chi connectivity index (χ1v) is 6.82. The number of nitro groups is 1. The fraction of sp³-hybridized carbons (Fsp3) is 0.250. The van der Waals surface area contributed by atoms with Crippen molar-refractivity contribution < 1.29 is 9.66 Å². The molecule has 0 aliphatic heterocycles. The fourth-order valence-electron chi connectivity index (χ4n) is 2.01. The third kappa shape index (κ3) is 3.79. The van der Waals surface area contributed by atoms with Gasteiger partial charge < -0.3 is 10.5 Å². The van der Waals surface area contributed by atoms with Gasteiger partial charge in [0.25, 0.3) is 5.69 Å². The Balaban J connectivity index is 2.08. The zero-order chi connectivity index (χ0) is 15.2. The molecule has 2 rings (SSSR count). The van der Waals surface area contributed by atoms with Gasteiger partial charge >= 0.3 is 0 Å². The lowest BCUT2D eigenvalue weighted by Gasteiger charge is -2.15. The van der Waals surface area contributed by atoms with Crippen molar-refractivity contribution in [3.05, 3.63) is 69.8 Å². The molecule has 0 aromatic heterocycles. The van der Waals surface area contributed by atoms with Gasteiger partial charge in [0.15, 0.2) is 0 Å². The van der Waals surface area contributed by atoms with Crippen LogP contribution >= 0.6 is 0 Å². The number of ether oxygens (including phenoxy) is 1. The van der Waals surface area contributed by atoms with Crippen LogP contribution in [0.3, 0.4) is 0 Å². The molecule has 0 aliphatic rings. The van der Waals surface area contributed by atoms with Crippen molar-refractivity contribution in [2.24, 2.45) is 5.73 Å². The molecule has 0 radical (unpaired) electrons. The Labute approximate surface area is 123 Å². The van der Waals surface area contributed by atoms with Gasteiger partial charge in [-0.25, -0.2) is 0 Å². The van der Waals surface area contributed by atoms with Crippen LogP contribution in [0.5, 0.6) is 5.75 Å². The Morgan fingerprint density at radius 1 is 1.19 bits per heavy atom. The van der Waals surface area contributed by atoms with Crippen LogP contribution in [0.15, 0.2) is 48.5 Å². The molecule has 0 unspecified atom stereocenters. The van der Waals surface area contributed by atoms with E-state index in [-0.39, 0.29) is 11.7 Å². The van der Waals surface area contributed by atoms with Gasteiger partial charge in [-0.2, -0.15) is 0 Å². The molecule has 5 heteroatoms. The molecule has 2 N–H and O–H groups in total. The molecule has 1 atom stereocenters. The molecule has 2 aromatic carbocycles. The maximum atomic E-state index is 10.6. The lowest BCUT2D eigenvalue weighted by Crippen LogP contribution is -2.10. The Morgan fingerprint density at radius 2 is 1.86 bits per heavy atom. The molecular weight excluding hydrogens is 268 g/mol. The van der Waals surface area contributed by atoms with E-state index < -0.39 is 4.92 Å². The summed E-state index contributed by atoms with van der Waals surface area (Å²) in [5.41, 5.74) is 7.99. The molecule has 0 aliphatic carbocycles. The number of benzene rings is 2. The number of nitrogens with two attached hydrogens (primary N) is 1. The number of hydrogen-bond acceptors (Lipinski definition) is 4. The van der Waals surface area contributed by atoms with Crippen molar-refractivity contribution in [3.63, 3.8) is 0 Å². The molecule has 0 saturated carbocycles. The number of nitrogens with zero attached hydrogens (tertiary/aromatic N) is 1. The lowest BCUT2D eigenvalue weighted by molar-refractivity contribution is -0.384. The van der Waals surface area contributed by atoms with Crippen molar-refractivity contribution in [2.75, 3.05) is 0 Å². The SMILES string of the molecule is CC[C@H](N)c1ccccc1OCc1ccc([N+](=O)[O-])cc1. The molecule has 5 nitrogen and oxygen atoms in total. The standard InChI is InChI=1S/C16H18N2O3/c1-2-15(17)14-5-3-4-6-16(14)21-11-12-7-9-13(10-8-12)18(19)20/h3-10,15H,2,11,17H2,1H3/t15-/m0/s1. The first-order chi connectivity index (χ1) is 10.1. The average Bonchev–Trinajstić information content (AvgIpc) is 2.52. The highest BCUT2D eigenvalue weighted by Crippen LogP contribution is 2.26. The Kier molecular flexibility index (Phi) is 4.90. The Bertz CT molecular complexity index is 611. The van der Waals surface area contributed by atoms with E-state index in [0.29, 0.717) is 6.61 Å². The summed E-state index contributed by atoms with van der Waals surface area (Å²) in [7, 11) is 0. The number of rotatable bonds is 6. The van der Waals surface area contributed by atoms with E-state index in [0.717, 1.165) is 23.3 Å². The Hall–Kier alpha value is -2.40. The molecule has 0 bridgehead atoms. The molecule has 0 spiro atoms. The first-order valence-electron chi connectivity index (χ1n) is 6.82. The topological polar surface area (TPSA) is 78.4 Å². The zero-order valence-corrected chi connectivity index (χ0v) is 11.9. The number of hydrogen-bond donors (Lipinski definition) is 1. The normalized spacial score (nSPS) is 11.9. The second-order valence-electron chi connectivity index (χ2n) is 4.76. The monoisotopic (exact) mass is 286 g/mol. The van der Waals surface area contributed by atoms with Crippen molar-refractivity contribution >= 4 is 5.69 Å². The molecule has 0 saturated heterocycles. The summed E-state index contributed by atoms with van der Waals surface area (Å²) in [5, 5.41) is 10.6.